The van der Waals surface area contributed by atoms with Gasteiger partial charge < -0.3 is 20.0 Å². The Bertz CT molecular complexity index is 1430. The second kappa shape index (κ2) is 11.3. The number of carbonyl (C=O) groups is 3. The van der Waals surface area contributed by atoms with Gasteiger partial charge in [0.25, 0.3) is 17.7 Å². The molecule has 0 unspecified atom stereocenters. The van der Waals surface area contributed by atoms with E-state index in [2.05, 4.69) is 15.6 Å². The Morgan fingerprint density at radius 2 is 1.53 bits per heavy atom. The molecule has 2 N–H and O–H groups in total. The number of piperidine rings is 1. The third-order valence-electron chi connectivity index (χ3n) is 6.51. The van der Waals surface area contributed by atoms with Crippen molar-refractivity contribution in [1.82, 2.24) is 9.88 Å². The Balaban J connectivity index is 1.12. The van der Waals surface area contributed by atoms with Crippen LogP contribution in [0.1, 0.15) is 55.7 Å². The minimum Gasteiger partial charge on any atom is -0.459 e. The second-order valence-corrected chi connectivity index (χ2v) is 9.45. The zero-order valence-corrected chi connectivity index (χ0v) is 21.1. The molecule has 1 saturated heterocycles. The van der Waals surface area contributed by atoms with Gasteiger partial charge in [0.15, 0.2) is 5.76 Å². The molecule has 3 heterocycles. The topological polar surface area (TPSA) is 105 Å². The molecule has 1 aliphatic heterocycles. The number of nitrogens with zero attached hydrogens (tertiary/aromatic N) is 2. The molecule has 2 aromatic heterocycles. The van der Waals surface area contributed by atoms with Gasteiger partial charge in [0.2, 0.25) is 0 Å². The number of halogens is 1. The van der Waals surface area contributed by atoms with Crippen LogP contribution >= 0.6 is 11.6 Å². The van der Waals surface area contributed by atoms with Crippen LogP contribution in [0.2, 0.25) is 5.02 Å². The SMILES string of the molecule is O=C(Nc1ccc(C2CCN(C(=O)c3ccc(NC(=O)c4ccco4)cc3)CC2)cc1)c1cc(Cl)ccn1. The summed E-state index contributed by atoms with van der Waals surface area (Å²) in [5.74, 6) is -0.135. The molecule has 0 atom stereocenters. The van der Waals surface area contributed by atoms with Crippen molar-refractivity contribution in [3.8, 4) is 0 Å². The zero-order valence-electron chi connectivity index (χ0n) is 20.4. The van der Waals surface area contributed by atoms with E-state index in [-0.39, 0.29) is 29.2 Å². The Kier molecular flexibility index (Phi) is 7.51. The van der Waals surface area contributed by atoms with Crippen molar-refractivity contribution < 1.29 is 18.8 Å². The van der Waals surface area contributed by atoms with Gasteiger partial charge in [-0.3, -0.25) is 19.4 Å². The lowest BCUT2D eigenvalue weighted by Crippen LogP contribution is -2.37. The van der Waals surface area contributed by atoms with E-state index in [1.165, 1.54) is 24.1 Å². The van der Waals surface area contributed by atoms with E-state index in [1.807, 2.05) is 29.2 Å². The number of likely N-dealkylation sites (tertiary alicyclic amines) is 1. The summed E-state index contributed by atoms with van der Waals surface area (Å²) in [6.07, 6.45) is 4.63. The van der Waals surface area contributed by atoms with E-state index in [0.717, 1.165) is 12.8 Å². The monoisotopic (exact) mass is 528 g/mol. The quantitative estimate of drug-likeness (QED) is 0.326. The van der Waals surface area contributed by atoms with E-state index in [9.17, 15) is 14.4 Å². The summed E-state index contributed by atoms with van der Waals surface area (Å²) in [5.41, 5.74) is 3.27. The molecule has 0 radical (unpaired) electrons. The van der Waals surface area contributed by atoms with Gasteiger partial charge in [-0.05, 0) is 85.0 Å². The Morgan fingerprint density at radius 3 is 2.16 bits per heavy atom. The van der Waals surface area contributed by atoms with Gasteiger partial charge in [-0.25, -0.2) is 0 Å². The molecule has 8 nitrogen and oxygen atoms in total. The van der Waals surface area contributed by atoms with Gasteiger partial charge in [0, 0.05) is 41.2 Å². The molecule has 0 saturated carbocycles. The molecule has 9 heteroatoms. The first kappa shape index (κ1) is 25.2. The number of hydrogen-bond donors (Lipinski definition) is 2. The summed E-state index contributed by atoms with van der Waals surface area (Å²) in [4.78, 5) is 43.4. The largest absolute Gasteiger partial charge is 0.459 e. The van der Waals surface area contributed by atoms with Crippen LogP contribution in [0, 0.1) is 0 Å². The van der Waals surface area contributed by atoms with Gasteiger partial charge in [-0.1, -0.05) is 23.7 Å². The molecule has 0 aliphatic carbocycles. The highest BCUT2D eigenvalue weighted by Gasteiger charge is 2.25. The van der Waals surface area contributed by atoms with Crippen LogP contribution in [0.5, 0.6) is 0 Å². The average Bonchev–Trinajstić information content (AvgIpc) is 3.49. The summed E-state index contributed by atoms with van der Waals surface area (Å²) in [7, 11) is 0. The standard InChI is InChI=1S/C29H25ClN4O4/c30-22-11-14-31-25(18-22)27(35)32-23-7-3-19(4-8-23)20-12-15-34(16-13-20)29(37)21-5-9-24(10-6-21)33-28(36)26-2-1-17-38-26/h1-11,14,17-18,20H,12-13,15-16H2,(H,32,35)(H,33,36). The van der Waals surface area contributed by atoms with Gasteiger partial charge in [-0.15, -0.1) is 0 Å². The molecule has 2 aromatic carbocycles. The third-order valence-corrected chi connectivity index (χ3v) is 6.75. The maximum Gasteiger partial charge on any atom is 0.291 e. The summed E-state index contributed by atoms with van der Waals surface area (Å²) >= 11 is 5.94. The van der Waals surface area contributed by atoms with Crippen LogP contribution in [0.3, 0.4) is 0 Å². The van der Waals surface area contributed by atoms with Gasteiger partial charge in [0.1, 0.15) is 5.69 Å². The van der Waals surface area contributed by atoms with Crippen molar-refractivity contribution in [1.29, 1.82) is 0 Å². The number of aromatic nitrogens is 1. The molecule has 0 bridgehead atoms. The van der Waals surface area contributed by atoms with Crippen molar-refractivity contribution in [2.24, 2.45) is 0 Å². The van der Waals surface area contributed by atoms with Crippen LogP contribution in [-0.2, 0) is 0 Å². The Labute approximate surface area is 224 Å². The van der Waals surface area contributed by atoms with Crippen LogP contribution in [0.25, 0.3) is 0 Å². The fourth-order valence-electron chi connectivity index (χ4n) is 4.46. The highest BCUT2D eigenvalue weighted by atomic mass is 35.5. The lowest BCUT2D eigenvalue weighted by atomic mass is 9.89. The first-order valence-corrected chi connectivity index (χ1v) is 12.6. The summed E-state index contributed by atoms with van der Waals surface area (Å²) in [6.45, 7) is 1.30. The second-order valence-electron chi connectivity index (χ2n) is 9.01. The minimum atomic E-state index is -0.343. The van der Waals surface area contributed by atoms with Crippen molar-refractivity contribution in [2.75, 3.05) is 23.7 Å². The number of carbonyl (C=O) groups excluding carboxylic acids is 3. The maximum absolute atomic E-state index is 13.0. The molecular formula is C29H25ClN4O4. The van der Waals surface area contributed by atoms with Crippen LogP contribution in [-0.4, -0.2) is 40.7 Å². The molecule has 4 aromatic rings. The minimum absolute atomic E-state index is 0.0277. The number of rotatable bonds is 6. The van der Waals surface area contributed by atoms with E-state index < -0.39 is 0 Å². The van der Waals surface area contributed by atoms with Crippen molar-refractivity contribution in [3.63, 3.8) is 0 Å². The number of pyridine rings is 1. The zero-order chi connectivity index (χ0) is 26.5. The van der Waals surface area contributed by atoms with Crippen LogP contribution in [0.4, 0.5) is 11.4 Å². The number of furan rings is 1. The molecule has 3 amide bonds. The third kappa shape index (κ3) is 5.92. The Hall–Kier alpha value is -4.43. The number of nitrogens with one attached hydrogen (secondary N) is 2. The molecular weight excluding hydrogens is 504 g/mol. The fraction of sp³-hybridized carbons (Fsp3) is 0.172. The summed E-state index contributed by atoms with van der Waals surface area (Å²) in [5, 5.41) is 6.04. The van der Waals surface area contributed by atoms with Crippen molar-refractivity contribution in [2.45, 2.75) is 18.8 Å². The molecule has 0 spiro atoms. The van der Waals surface area contributed by atoms with Crippen molar-refractivity contribution in [3.05, 3.63) is 113 Å². The number of hydrogen-bond acceptors (Lipinski definition) is 5. The van der Waals surface area contributed by atoms with E-state index in [1.54, 1.807) is 42.5 Å². The van der Waals surface area contributed by atoms with Crippen LogP contribution < -0.4 is 10.6 Å². The smallest absolute Gasteiger partial charge is 0.291 e. The average molecular weight is 529 g/mol. The lowest BCUT2D eigenvalue weighted by molar-refractivity contribution is 0.0712. The van der Waals surface area contributed by atoms with Gasteiger partial charge in [-0.2, -0.15) is 0 Å². The summed E-state index contributed by atoms with van der Waals surface area (Å²) < 4.78 is 5.09. The number of anilines is 2. The molecule has 192 valence electrons. The number of amides is 3. The first-order chi connectivity index (χ1) is 18.5. The van der Waals surface area contributed by atoms with Gasteiger partial charge in [0.05, 0.1) is 6.26 Å². The van der Waals surface area contributed by atoms with Crippen molar-refractivity contribution >= 4 is 40.7 Å². The predicted molar refractivity (Wildman–Crippen MR) is 145 cm³/mol. The molecule has 1 fully saturated rings. The Morgan fingerprint density at radius 1 is 0.868 bits per heavy atom. The van der Waals surface area contributed by atoms with Gasteiger partial charge >= 0.3 is 0 Å². The van der Waals surface area contributed by atoms with Crippen LogP contribution in [0.15, 0.2) is 89.7 Å². The highest BCUT2D eigenvalue weighted by molar-refractivity contribution is 6.31. The molecule has 1 aliphatic rings. The first-order valence-electron chi connectivity index (χ1n) is 12.2. The normalized spacial score (nSPS) is 13.7. The fourth-order valence-corrected chi connectivity index (χ4v) is 4.62. The predicted octanol–water partition coefficient (Wildman–Crippen LogP) is 5.85. The maximum atomic E-state index is 13.0. The van der Waals surface area contributed by atoms with E-state index in [4.69, 9.17) is 16.0 Å². The highest BCUT2D eigenvalue weighted by Crippen LogP contribution is 2.30. The summed E-state index contributed by atoms with van der Waals surface area (Å²) in [6, 6.07) is 21.0. The number of benzene rings is 2. The lowest BCUT2D eigenvalue weighted by Gasteiger charge is -2.32. The molecule has 38 heavy (non-hydrogen) atoms. The molecule has 5 rings (SSSR count). The van der Waals surface area contributed by atoms with E-state index in [0.29, 0.717) is 41.0 Å². The van der Waals surface area contributed by atoms with E-state index >= 15 is 0 Å².